The van der Waals surface area contributed by atoms with Crippen molar-refractivity contribution in [3.8, 4) is 5.75 Å². The zero-order valence-corrected chi connectivity index (χ0v) is 12.3. The Kier molecular flexibility index (Phi) is 4.44. The van der Waals surface area contributed by atoms with Crippen molar-refractivity contribution in [2.45, 2.75) is 6.18 Å². The van der Waals surface area contributed by atoms with E-state index >= 15 is 0 Å². The van der Waals surface area contributed by atoms with Crippen LogP contribution in [-0.2, 0) is 4.79 Å². The molecule has 0 spiro atoms. The van der Waals surface area contributed by atoms with Crippen LogP contribution in [0.5, 0.6) is 5.75 Å². The molecule has 0 radical (unpaired) electrons. The third-order valence-corrected chi connectivity index (χ3v) is 3.77. The first kappa shape index (κ1) is 16.7. The first-order valence-corrected chi connectivity index (χ1v) is 6.66. The van der Waals surface area contributed by atoms with E-state index in [1.54, 1.807) is 0 Å². The van der Waals surface area contributed by atoms with Crippen LogP contribution in [0.15, 0.2) is 12.1 Å². The minimum absolute atomic E-state index is 0.0203. The molecule has 22 heavy (non-hydrogen) atoms. The largest absolute Gasteiger partial charge is 0.505 e. The summed E-state index contributed by atoms with van der Waals surface area (Å²) < 4.78 is 37.0. The number of amides is 2. The van der Waals surface area contributed by atoms with Crippen molar-refractivity contribution in [2.24, 2.45) is 0 Å². The van der Waals surface area contributed by atoms with E-state index < -0.39 is 43.5 Å². The molecule has 1 aliphatic rings. The smallest absolute Gasteiger partial charge is 0.406 e. The Balaban J connectivity index is 2.18. The lowest BCUT2D eigenvalue weighted by Gasteiger charge is -2.19. The summed E-state index contributed by atoms with van der Waals surface area (Å²) in [7, 11) is 0. The van der Waals surface area contributed by atoms with Crippen molar-refractivity contribution in [1.29, 1.82) is 0 Å². The summed E-state index contributed by atoms with van der Waals surface area (Å²) in [5.74, 6) is -2.22. The van der Waals surface area contributed by atoms with Gasteiger partial charge in [0.25, 0.3) is 5.91 Å². The van der Waals surface area contributed by atoms with Gasteiger partial charge in [0.05, 0.1) is 17.3 Å². The molecule has 1 aromatic rings. The number of hydrogen-bond acceptors (Lipinski definition) is 3. The molecular weight excluding hydrogens is 348 g/mol. The van der Waals surface area contributed by atoms with Crippen molar-refractivity contribution < 1.29 is 27.9 Å². The number of phenolic OH excluding ortho intramolecular Hbond substituents is 1. The number of carbonyl (C=O) groups excluding carboxylic acids is 2. The predicted octanol–water partition coefficient (Wildman–Crippen LogP) is 2.50. The molecule has 1 heterocycles. The maximum absolute atomic E-state index is 12.3. The van der Waals surface area contributed by atoms with E-state index in [1.807, 2.05) is 0 Å². The van der Waals surface area contributed by atoms with Gasteiger partial charge in [0.1, 0.15) is 23.9 Å². The molecule has 0 aliphatic carbocycles. The summed E-state index contributed by atoms with van der Waals surface area (Å²) >= 11 is 11.4. The lowest BCUT2D eigenvalue weighted by atomic mass is 10.2. The predicted molar refractivity (Wildman–Crippen MR) is 71.8 cm³/mol. The minimum Gasteiger partial charge on any atom is -0.505 e. The van der Waals surface area contributed by atoms with E-state index in [-0.39, 0.29) is 15.6 Å². The van der Waals surface area contributed by atoms with Crippen molar-refractivity contribution in [2.75, 3.05) is 19.8 Å². The van der Waals surface area contributed by atoms with Gasteiger partial charge < -0.3 is 14.9 Å². The molecular formula is C12H9Cl2F3N2O3. The molecule has 120 valence electrons. The van der Waals surface area contributed by atoms with Crippen LogP contribution in [-0.4, -0.2) is 52.7 Å². The molecule has 1 aliphatic heterocycles. The number of nitrogens with zero attached hydrogens (tertiary/aromatic N) is 2. The maximum Gasteiger partial charge on any atom is 0.406 e. The SMILES string of the molecule is O=C1CN(C(=O)c2ccc(Cl)c(Cl)c2O)CN1CC(F)(F)F. The highest BCUT2D eigenvalue weighted by atomic mass is 35.5. The average Bonchev–Trinajstić information content (AvgIpc) is 2.75. The van der Waals surface area contributed by atoms with Crippen LogP contribution in [0.1, 0.15) is 10.4 Å². The van der Waals surface area contributed by atoms with Crippen LogP contribution >= 0.6 is 23.2 Å². The van der Waals surface area contributed by atoms with E-state index in [4.69, 9.17) is 23.2 Å². The van der Waals surface area contributed by atoms with E-state index in [9.17, 15) is 27.9 Å². The van der Waals surface area contributed by atoms with E-state index in [2.05, 4.69) is 0 Å². The third kappa shape index (κ3) is 3.38. The zero-order valence-electron chi connectivity index (χ0n) is 10.8. The number of hydrogen-bond donors (Lipinski definition) is 1. The summed E-state index contributed by atoms with van der Waals surface area (Å²) in [5.41, 5.74) is -0.240. The summed E-state index contributed by atoms with van der Waals surface area (Å²) in [5, 5.41) is 9.56. The summed E-state index contributed by atoms with van der Waals surface area (Å²) in [6.45, 7) is -2.46. The summed E-state index contributed by atoms with van der Waals surface area (Å²) in [4.78, 5) is 25.1. The number of halogens is 5. The Bertz CT molecular complexity index is 637. The molecule has 5 nitrogen and oxygen atoms in total. The second-order valence-corrected chi connectivity index (χ2v) is 5.39. The zero-order chi connectivity index (χ0) is 16.7. The van der Waals surface area contributed by atoms with Gasteiger partial charge in [-0.05, 0) is 12.1 Å². The van der Waals surface area contributed by atoms with Gasteiger partial charge in [-0.25, -0.2) is 0 Å². The number of benzene rings is 1. The topological polar surface area (TPSA) is 60.9 Å². The van der Waals surface area contributed by atoms with Crippen LogP contribution in [0.2, 0.25) is 10.0 Å². The number of phenols is 1. The highest BCUT2D eigenvalue weighted by Gasteiger charge is 2.39. The van der Waals surface area contributed by atoms with Crippen molar-refractivity contribution in [3.05, 3.63) is 27.7 Å². The lowest BCUT2D eigenvalue weighted by molar-refractivity contribution is -0.157. The Morgan fingerprint density at radius 2 is 1.95 bits per heavy atom. The average molecular weight is 357 g/mol. The molecule has 2 amide bonds. The molecule has 2 rings (SSSR count). The Labute approximate surface area is 132 Å². The molecule has 0 bridgehead atoms. The van der Waals surface area contributed by atoms with Gasteiger partial charge in [-0.3, -0.25) is 9.59 Å². The number of rotatable bonds is 2. The molecule has 0 atom stereocenters. The Hall–Kier alpha value is -1.67. The molecule has 1 N–H and O–H groups in total. The van der Waals surface area contributed by atoms with Crippen molar-refractivity contribution in [1.82, 2.24) is 9.80 Å². The molecule has 1 saturated heterocycles. The Morgan fingerprint density at radius 3 is 2.55 bits per heavy atom. The molecule has 0 unspecified atom stereocenters. The monoisotopic (exact) mass is 356 g/mol. The first-order valence-electron chi connectivity index (χ1n) is 5.91. The van der Waals surface area contributed by atoms with Gasteiger partial charge in [0.15, 0.2) is 0 Å². The van der Waals surface area contributed by atoms with Crippen molar-refractivity contribution >= 4 is 35.0 Å². The second-order valence-electron chi connectivity index (χ2n) is 4.61. The first-order chi connectivity index (χ1) is 10.1. The van der Waals surface area contributed by atoms with Gasteiger partial charge >= 0.3 is 6.18 Å². The fourth-order valence-electron chi connectivity index (χ4n) is 1.97. The standard InChI is InChI=1S/C12H9Cl2F3N2O3/c13-7-2-1-6(10(21)9(7)14)11(22)18-3-8(20)19(5-18)4-12(15,16)17/h1-2,21H,3-5H2. The van der Waals surface area contributed by atoms with Gasteiger partial charge in [0.2, 0.25) is 5.91 Å². The van der Waals surface area contributed by atoms with Gasteiger partial charge in [-0.2, -0.15) is 13.2 Å². The van der Waals surface area contributed by atoms with Crippen LogP contribution in [0, 0.1) is 0 Å². The fourth-order valence-corrected chi connectivity index (χ4v) is 2.29. The maximum atomic E-state index is 12.3. The summed E-state index contributed by atoms with van der Waals surface area (Å²) in [6, 6.07) is 2.45. The van der Waals surface area contributed by atoms with E-state index in [0.717, 1.165) is 4.90 Å². The quantitative estimate of drug-likeness (QED) is 0.885. The van der Waals surface area contributed by atoms with Gasteiger partial charge in [0, 0.05) is 0 Å². The highest BCUT2D eigenvalue weighted by molar-refractivity contribution is 6.43. The van der Waals surface area contributed by atoms with Crippen LogP contribution < -0.4 is 0 Å². The molecule has 0 aromatic heterocycles. The van der Waals surface area contributed by atoms with E-state index in [0.29, 0.717) is 4.90 Å². The number of aromatic hydroxyl groups is 1. The third-order valence-electron chi connectivity index (χ3n) is 2.98. The van der Waals surface area contributed by atoms with Crippen LogP contribution in [0.4, 0.5) is 13.2 Å². The lowest BCUT2D eigenvalue weighted by Crippen LogP contribution is -2.37. The highest BCUT2D eigenvalue weighted by Crippen LogP contribution is 2.35. The number of carbonyl (C=O) groups is 2. The minimum atomic E-state index is -4.56. The van der Waals surface area contributed by atoms with Gasteiger partial charge in [-0.1, -0.05) is 23.2 Å². The fraction of sp³-hybridized carbons (Fsp3) is 0.333. The molecule has 1 fully saturated rings. The Morgan fingerprint density at radius 1 is 1.32 bits per heavy atom. The second kappa shape index (κ2) is 5.85. The number of alkyl halides is 3. The van der Waals surface area contributed by atoms with Gasteiger partial charge in [-0.15, -0.1) is 0 Å². The van der Waals surface area contributed by atoms with Crippen LogP contribution in [0.3, 0.4) is 0 Å². The molecule has 0 saturated carbocycles. The molecule has 1 aromatic carbocycles. The van der Waals surface area contributed by atoms with Crippen LogP contribution in [0.25, 0.3) is 0 Å². The molecule has 10 heteroatoms. The van der Waals surface area contributed by atoms with E-state index in [1.165, 1.54) is 12.1 Å². The summed E-state index contributed by atoms with van der Waals surface area (Å²) in [6.07, 6.45) is -4.56. The normalized spacial score (nSPS) is 15.6. The van der Waals surface area contributed by atoms with Crippen molar-refractivity contribution in [3.63, 3.8) is 0 Å².